The molecule has 2 N–H and O–H groups in total. The largest absolute Gasteiger partial charge is 0.389 e. The van der Waals surface area contributed by atoms with Gasteiger partial charge in [-0.15, -0.1) is 0 Å². The topological polar surface area (TPSA) is 32.3 Å². The summed E-state index contributed by atoms with van der Waals surface area (Å²) in [5.41, 5.74) is 0.683. The summed E-state index contributed by atoms with van der Waals surface area (Å²) in [5.74, 6) is 0.162. The first-order valence-corrected chi connectivity index (χ1v) is 7.38. The number of fused-ring (bicyclic) bond motifs is 1. The van der Waals surface area contributed by atoms with Crippen LogP contribution in [0.25, 0.3) is 0 Å². The lowest BCUT2D eigenvalue weighted by Crippen LogP contribution is -2.58. The van der Waals surface area contributed by atoms with Crippen LogP contribution in [0.3, 0.4) is 0 Å². The summed E-state index contributed by atoms with van der Waals surface area (Å²) in [6.45, 7) is 0.888. The maximum absolute atomic E-state index is 12.9. The Bertz CT molecular complexity index is 429. The maximum Gasteiger partial charge on any atom is 0.123 e. The van der Waals surface area contributed by atoms with Crippen LogP contribution in [0.15, 0.2) is 24.3 Å². The van der Waals surface area contributed by atoms with Crippen molar-refractivity contribution in [2.45, 2.75) is 50.2 Å². The van der Waals surface area contributed by atoms with Crippen molar-refractivity contribution in [2.24, 2.45) is 5.92 Å². The Morgan fingerprint density at radius 1 is 1.21 bits per heavy atom. The number of aliphatic hydroxyl groups is 1. The molecule has 104 valence electrons. The van der Waals surface area contributed by atoms with E-state index < -0.39 is 5.60 Å². The van der Waals surface area contributed by atoms with Crippen molar-refractivity contribution in [3.8, 4) is 0 Å². The lowest BCUT2D eigenvalue weighted by molar-refractivity contribution is -0.0850. The third-order valence-corrected chi connectivity index (χ3v) is 4.88. The predicted octanol–water partition coefficient (Wildman–Crippen LogP) is 2.65. The number of benzene rings is 1. The van der Waals surface area contributed by atoms with E-state index in [0.29, 0.717) is 12.0 Å². The Hall–Kier alpha value is -0.930. The zero-order valence-electron chi connectivity index (χ0n) is 11.2. The number of rotatable bonds is 2. The molecule has 2 fully saturated rings. The highest BCUT2D eigenvalue weighted by Gasteiger charge is 2.45. The van der Waals surface area contributed by atoms with E-state index in [4.69, 9.17) is 0 Å². The zero-order chi connectivity index (χ0) is 13.3. The molecule has 0 amide bonds. The molecule has 1 aromatic carbocycles. The standard InChI is InChI=1S/C16H22FNO/c17-13-6-4-12(5-7-13)11-15-14-3-1-2-8-16(14,19)9-10-18-15/h4-7,14-15,18-19H,1-3,8-11H2. The van der Waals surface area contributed by atoms with Crippen LogP contribution in [-0.4, -0.2) is 23.3 Å². The molecular formula is C16H22FNO. The smallest absolute Gasteiger partial charge is 0.123 e. The second-order valence-corrected chi connectivity index (χ2v) is 6.10. The predicted molar refractivity (Wildman–Crippen MR) is 73.4 cm³/mol. The molecule has 19 heavy (non-hydrogen) atoms. The molecule has 0 radical (unpaired) electrons. The quantitative estimate of drug-likeness (QED) is 0.859. The SMILES string of the molecule is OC12CCCCC1C(Cc1ccc(F)cc1)NCC2. The minimum Gasteiger partial charge on any atom is -0.389 e. The summed E-state index contributed by atoms with van der Waals surface area (Å²) in [5, 5.41) is 14.3. The number of hydrogen-bond acceptors (Lipinski definition) is 2. The second-order valence-electron chi connectivity index (χ2n) is 6.10. The molecule has 1 saturated carbocycles. The van der Waals surface area contributed by atoms with Crippen LogP contribution in [0, 0.1) is 11.7 Å². The Morgan fingerprint density at radius 2 is 2.00 bits per heavy atom. The normalized spacial score (nSPS) is 34.8. The molecule has 1 heterocycles. The first kappa shape index (κ1) is 13.1. The molecule has 3 atom stereocenters. The van der Waals surface area contributed by atoms with Gasteiger partial charge in [-0.25, -0.2) is 4.39 Å². The van der Waals surface area contributed by atoms with Gasteiger partial charge >= 0.3 is 0 Å². The molecule has 2 nitrogen and oxygen atoms in total. The van der Waals surface area contributed by atoms with Gasteiger partial charge in [0.05, 0.1) is 5.60 Å². The summed E-state index contributed by atoms with van der Waals surface area (Å²) < 4.78 is 12.9. The maximum atomic E-state index is 12.9. The fraction of sp³-hybridized carbons (Fsp3) is 0.625. The van der Waals surface area contributed by atoms with Crippen LogP contribution in [-0.2, 0) is 6.42 Å². The van der Waals surface area contributed by atoms with Crippen molar-refractivity contribution >= 4 is 0 Å². The van der Waals surface area contributed by atoms with Gasteiger partial charge in [-0.1, -0.05) is 25.0 Å². The molecule has 0 spiro atoms. The lowest BCUT2D eigenvalue weighted by atomic mass is 9.67. The van der Waals surface area contributed by atoms with Crippen LogP contribution in [0.2, 0.25) is 0 Å². The summed E-state index contributed by atoms with van der Waals surface area (Å²) >= 11 is 0. The van der Waals surface area contributed by atoms with Crippen LogP contribution < -0.4 is 5.32 Å². The Kier molecular flexibility index (Phi) is 3.59. The fourth-order valence-corrected chi connectivity index (χ4v) is 3.84. The van der Waals surface area contributed by atoms with E-state index in [2.05, 4.69) is 5.32 Å². The molecular weight excluding hydrogens is 241 g/mol. The van der Waals surface area contributed by atoms with Crippen molar-refractivity contribution < 1.29 is 9.50 Å². The van der Waals surface area contributed by atoms with E-state index in [1.807, 2.05) is 12.1 Å². The molecule has 0 aromatic heterocycles. The van der Waals surface area contributed by atoms with Crippen molar-refractivity contribution in [3.63, 3.8) is 0 Å². The Balaban J connectivity index is 1.74. The molecule has 3 unspecified atom stereocenters. The van der Waals surface area contributed by atoms with Crippen molar-refractivity contribution in [1.82, 2.24) is 5.32 Å². The van der Waals surface area contributed by atoms with E-state index in [9.17, 15) is 9.50 Å². The van der Waals surface area contributed by atoms with E-state index >= 15 is 0 Å². The highest BCUT2D eigenvalue weighted by molar-refractivity contribution is 5.18. The summed E-state index contributed by atoms with van der Waals surface area (Å²) in [4.78, 5) is 0. The van der Waals surface area contributed by atoms with Gasteiger partial charge < -0.3 is 10.4 Å². The van der Waals surface area contributed by atoms with Gasteiger partial charge in [-0.05, 0) is 49.9 Å². The summed E-state index contributed by atoms with van der Waals surface area (Å²) in [6.07, 6.45) is 6.17. The van der Waals surface area contributed by atoms with Gasteiger partial charge in [-0.2, -0.15) is 0 Å². The van der Waals surface area contributed by atoms with Crippen LogP contribution in [0.5, 0.6) is 0 Å². The fourth-order valence-electron chi connectivity index (χ4n) is 3.84. The molecule has 1 aliphatic heterocycles. The van der Waals surface area contributed by atoms with E-state index in [1.165, 1.54) is 18.6 Å². The highest BCUT2D eigenvalue weighted by Crippen LogP contribution is 2.41. The highest BCUT2D eigenvalue weighted by atomic mass is 19.1. The minimum absolute atomic E-state index is 0.186. The van der Waals surface area contributed by atoms with Crippen LogP contribution in [0.4, 0.5) is 4.39 Å². The van der Waals surface area contributed by atoms with Gasteiger partial charge in [0, 0.05) is 12.0 Å². The summed E-state index contributed by atoms with van der Waals surface area (Å²) in [6, 6.07) is 7.07. The van der Waals surface area contributed by atoms with Gasteiger partial charge in [0.25, 0.3) is 0 Å². The van der Waals surface area contributed by atoms with Crippen molar-refractivity contribution in [2.75, 3.05) is 6.54 Å². The molecule has 1 aromatic rings. The first-order chi connectivity index (χ1) is 9.17. The third-order valence-electron chi connectivity index (χ3n) is 4.88. The zero-order valence-corrected chi connectivity index (χ0v) is 11.2. The number of piperidine rings is 1. The average Bonchev–Trinajstić information content (AvgIpc) is 2.41. The van der Waals surface area contributed by atoms with Crippen LogP contribution in [0.1, 0.15) is 37.7 Å². The number of halogens is 1. The van der Waals surface area contributed by atoms with Gasteiger partial charge in [0.1, 0.15) is 5.82 Å². The van der Waals surface area contributed by atoms with Gasteiger partial charge in [0.2, 0.25) is 0 Å². The molecule has 3 heteroatoms. The summed E-state index contributed by atoms with van der Waals surface area (Å²) in [7, 11) is 0. The molecule has 0 bridgehead atoms. The minimum atomic E-state index is -0.464. The first-order valence-electron chi connectivity index (χ1n) is 7.38. The van der Waals surface area contributed by atoms with E-state index in [-0.39, 0.29) is 5.82 Å². The Labute approximate surface area is 114 Å². The number of nitrogens with one attached hydrogen (secondary N) is 1. The number of hydrogen-bond donors (Lipinski definition) is 2. The van der Waals surface area contributed by atoms with Gasteiger partial charge in [-0.3, -0.25) is 0 Å². The average molecular weight is 263 g/mol. The lowest BCUT2D eigenvalue weighted by Gasteiger charge is -2.48. The third kappa shape index (κ3) is 2.67. The van der Waals surface area contributed by atoms with E-state index in [1.54, 1.807) is 0 Å². The van der Waals surface area contributed by atoms with E-state index in [0.717, 1.165) is 44.2 Å². The second kappa shape index (κ2) is 5.22. The monoisotopic (exact) mass is 263 g/mol. The molecule has 1 saturated heterocycles. The van der Waals surface area contributed by atoms with Crippen molar-refractivity contribution in [1.29, 1.82) is 0 Å². The molecule has 2 aliphatic rings. The Morgan fingerprint density at radius 3 is 2.79 bits per heavy atom. The molecule has 3 rings (SSSR count). The van der Waals surface area contributed by atoms with Gasteiger partial charge in [0.15, 0.2) is 0 Å². The van der Waals surface area contributed by atoms with Crippen molar-refractivity contribution in [3.05, 3.63) is 35.6 Å². The van der Waals surface area contributed by atoms with Crippen LogP contribution >= 0.6 is 0 Å². The molecule has 1 aliphatic carbocycles.